The van der Waals surface area contributed by atoms with Crippen LogP contribution in [0.15, 0.2) is 36.1 Å². The molecule has 0 fully saturated rings. The smallest absolute Gasteiger partial charge is 0.374 e. The number of carbonyl (C=O) groups is 2. The summed E-state index contributed by atoms with van der Waals surface area (Å²) in [4.78, 5) is 23.4. The van der Waals surface area contributed by atoms with Gasteiger partial charge in [-0.1, -0.05) is 30.3 Å². The van der Waals surface area contributed by atoms with Gasteiger partial charge in [-0.25, -0.2) is 4.79 Å². The predicted octanol–water partition coefficient (Wildman–Crippen LogP) is 2.31. The van der Waals surface area contributed by atoms with Gasteiger partial charge in [0.1, 0.15) is 5.60 Å². The lowest BCUT2D eigenvalue weighted by atomic mass is 9.86. The van der Waals surface area contributed by atoms with Crippen LogP contribution in [0.1, 0.15) is 25.3 Å². The summed E-state index contributed by atoms with van der Waals surface area (Å²) in [6.07, 6.45) is 0.496. The molecule has 0 aliphatic carbocycles. The van der Waals surface area contributed by atoms with Crippen molar-refractivity contribution in [2.45, 2.75) is 25.4 Å². The van der Waals surface area contributed by atoms with E-state index in [1.807, 2.05) is 30.3 Å². The third kappa shape index (κ3) is 2.91. The van der Waals surface area contributed by atoms with Gasteiger partial charge in [0.15, 0.2) is 0 Å². The molecular formula is C16H18O5. The molecule has 1 aromatic rings. The minimum Gasteiger partial charge on any atom is -0.490 e. The van der Waals surface area contributed by atoms with Gasteiger partial charge in [0.05, 0.1) is 19.8 Å². The molecule has 5 nitrogen and oxygen atoms in total. The van der Waals surface area contributed by atoms with Crippen LogP contribution in [-0.4, -0.2) is 31.8 Å². The van der Waals surface area contributed by atoms with E-state index in [2.05, 4.69) is 4.74 Å². The van der Waals surface area contributed by atoms with E-state index in [1.165, 1.54) is 14.2 Å². The quantitative estimate of drug-likeness (QED) is 0.779. The summed E-state index contributed by atoms with van der Waals surface area (Å²) in [6, 6.07) is 9.40. The van der Waals surface area contributed by atoms with E-state index in [9.17, 15) is 9.59 Å². The van der Waals surface area contributed by atoms with Crippen molar-refractivity contribution in [3.8, 4) is 0 Å². The number of esters is 2. The third-order valence-corrected chi connectivity index (χ3v) is 3.56. The molecule has 1 heterocycles. The zero-order valence-electron chi connectivity index (χ0n) is 12.3. The Kier molecular flexibility index (Phi) is 4.31. The molecule has 0 spiro atoms. The normalized spacial score (nSPS) is 21.2. The summed E-state index contributed by atoms with van der Waals surface area (Å²) in [7, 11) is 2.77. The number of hydrogen-bond donors (Lipinski definition) is 0. The van der Waals surface area contributed by atoms with Crippen molar-refractivity contribution < 1.29 is 23.8 Å². The van der Waals surface area contributed by atoms with Crippen molar-refractivity contribution in [2.24, 2.45) is 0 Å². The van der Waals surface area contributed by atoms with Gasteiger partial charge in [-0.3, -0.25) is 4.79 Å². The first kappa shape index (κ1) is 15.1. The number of benzene rings is 1. The molecule has 2 rings (SSSR count). The lowest BCUT2D eigenvalue weighted by molar-refractivity contribution is -0.150. The van der Waals surface area contributed by atoms with Crippen LogP contribution in [0.2, 0.25) is 0 Å². The number of ether oxygens (including phenoxy) is 3. The highest BCUT2D eigenvalue weighted by Gasteiger charge is 2.45. The van der Waals surface area contributed by atoms with Crippen LogP contribution in [0.4, 0.5) is 0 Å². The molecular weight excluding hydrogens is 272 g/mol. The van der Waals surface area contributed by atoms with Crippen molar-refractivity contribution in [1.29, 1.82) is 0 Å². The summed E-state index contributed by atoms with van der Waals surface area (Å²) in [5, 5.41) is 0. The van der Waals surface area contributed by atoms with E-state index in [-0.39, 0.29) is 18.1 Å². The lowest BCUT2D eigenvalue weighted by Crippen LogP contribution is -2.28. The highest BCUT2D eigenvalue weighted by molar-refractivity contribution is 6.02. The van der Waals surface area contributed by atoms with Gasteiger partial charge in [-0.15, -0.1) is 0 Å². The van der Waals surface area contributed by atoms with Gasteiger partial charge in [-0.05, 0) is 12.5 Å². The largest absolute Gasteiger partial charge is 0.490 e. The maximum atomic E-state index is 12.0. The van der Waals surface area contributed by atoms with Crippen molar-refractivity contribution >= 4 is 17.5 Å². The maximum absolute atomic E-state index is 12.0. The highest BCUT2D eigenvalue weighted by Crippen LogP contribution is 2.42. The maximum Gasteiger partial charge on any atom is 0.374 e. The molecule has 0 bridgehead atoms. The van der Waals surface area contributed by atoms with Crippen LogP contribution in [-0.2, 0) is 23.8 Å². The summed E-state index contributed by atoms with van der Waals surface area (Å²) >= 11 is 0. The van der Waals surface area contributed by atoms with Crippen molar-refractivity contribution in [3.63, 3.8) is 0 Å². The fourth-order valence-corrected chi connectivity index (χ4v) is 2.49. The molecule has 1 aliphatic rings. The summed E-state index contributed by atoms with van der Waals surface area (Å²) in [5.74, 6) is -0.664. The zero-order valence-corrected chi connectivity index (χ0v) is 12.3. The molecule has 0 aromatic heterocycles. The highest BCUT2D eigenvalue weighted by atomic mass is 16.6. The van der Waals surface area contributed by atoms with Crippen LogP contribution in [0.3, 0.4) is 0 Å². The number of rotatable bonds is 5. The van der Waals surface area contributed by atoms with E-state index in [4.69, 9.17) is 9.47 Å². The van der Waals surface area contributed by atoms with Crippen molar-refractivity contribution in [1.82, 2.24) is 0 Å². The standard InChI is InChI=1S/C16H18O5/c1-16(10-9-12(17)19-2)13(11-7-5-4-6-8-11)14(20-3)15(18)21-16/h4-8H,9-10H2,1-3H3. The van der Waals surface area contributed by atoms with Crippen molar-refractivity contribution in [2.75, 3.05) is 14.2 Å². The second-order valence-corrected chi connectivity index (χ2v) is 4.97. The topological polar surface area (TPSA) is 61.8 Å². The summed E-state index contributed by atoms with van der Waals surface area (Å²) in [5.41, 5.74) is 0.602. The van der Waals surface area contributed by atoms with E-state index >= 15 is 0 Å². The molecule has 5 heteroatoms. The van der Waals surface area contributed by atoms with Crippen molar-refractivity contribution in [3.05, 3.63) is 41.7 Å². The molecule has 0 saturated carbocycles. The number of carbonyl (C=O) groups excluding carboxylic acids is 2. The molecule has 21 heavy (non-hydrogen) atoms. The second kappa shape index (κ2) is 5.99. The molecule has 1 aliphatic heterocycles. The Morgan fingerprint density at radius 1 is 1.24 bits per heavy atom. The van der Waals surface area contributed by atoms with E-state index in [1.54, 1.807) is 6.92 Å². The van der Waals surface area contributed by atoms with Crippen LogP contribution >= 0.6 is 0 Å². The molecule has 112 valence electrons. The van der Waals surface area contributed by atoms with E-state index in [0.717, 1.165) is 5.56 Å². The fraction of sp³-hybridized carbons (Fsp3) is 0.375. The van der Waals surface area contributed by atoms with Gasteiger partial charge >= 0.3 is 11.9 Å². The number of methoxy groups -OCH3 is 2. The van der Waals surface area contributed by atoms with E-state index in [0.29, 0.717) is 12.0 Å². The first-order valence-corrected chi connectivity index (χ1v) is 6.66. The predicted molar refractivity (Wildman–Crippen MR) is 76.1 cm³/mol. The van der Waals surface area contributed by atoms with E-state index < -0.39 is 11.6 Å². The Hall–Kier alpha value is -2.30. The average molecular weight is 290 g/mol. The van der Waals surface area contributed by atoms with Crippen LogP contribution in [0.25, 0.3) is 5.57 Å². The minimum absolute atomic E-state index is 0.160. The SMILES string of the molecule is COC(=O)CCC1(C)OC(=O)C(OC)=C1c1ccccc1. The van der Waals surface area contributed by atoms with Gasteiger partial charge in [-0.2, -0.15) is 0 Å². The summed E-state index contributed by atoms with van der Waals surface area (Å²) in [6.45, 7) is 1.78. The fourth-order valence-electron chi connectivity index (χ4n) is 2.49. The summed E-state index contributed by atoms with van der Waals surface area (Å²) < 4.78 is 15.3. The van der Waals surface area contributed by atoms with Gasteiger partial charge in [0.2, 0.25) is 5.76 Å². The molecule has 0 saturated heterocycles. The molecule has 0 N–H and O–H groups in total. The molecule has 0 amide bonds. The number of cyclic esters (lactones) is 1. The minimum atomic E-state index is -0.905. The van der Waals surface area contributed by atoms with Gasteiger partial charge in [0.25, 0.3) is 0 Å². The van der Waals surface area contributed by atoms with Gasteiger partial charge < -0.3 is 14.2 Å². The Morgan fingerprint density at radius 3 is 2.48 bits per heavy atom. The molecule has 1 aromatic carbocycles. The van der Waals surface area contributed by atoms with Gasteiger partial charge in [0, 0.05) is 12.8 Å². The monoisotopic (exact) mass is 290 g/mol. The number of hydrogen-bond acceptors (Lipinski definition) is 5. The molecule has 1 unspecified atom stereocenters. The average Bonchev–Trinajstić information content (AvgIpc) is 2.76. The zero-order chi connectivity index (χ0) is 15.5. The lowest BCUT2D eigenvalue weighted by Gasteiger charge is -2.26. The Bertz CT molecular complexity index is 576. The Morgan fingerprint density at radius 2 is 1.90 bits per heavy atom. The molecule has 0 radical (unpaired) electrons. The first-order valence-electron chi connectivity index (χ1n) is 6.66. The molecule has 1 atom stereocenters. The second-order valence-electron chi connectivity index (χ2n) is 4.97. The van der Waals surface area contributed by atoms with Crippen LogP contribution in [0, 0.1) is 0 Å². The van der Waals surface area contributed by atoms with Crippen LogP contribution in [0.5, 0.6) is 0 Å². The first-order chi connectivity index (χ1) is 10.0. The third-order valence-electron chi connectivity index (χ3n) is 3.56. The Labute approximate surface area is 123 Å². The van der Waals surface area contributed by atoms with Crippen LogP contribution < -0.4 is 0 Å². The Balaban J connectivity index is 2.39.